The molecule has 1 saturated carbocycles. The van der Waals surface area contributed by atoms with Gasteiger partial charge in [0.2, 0.25) is 0 Å². The first-order valence-corrected chi connectivity index (χ1v) is 12.8. The Kier molecular flexibility index (Phi) is 7.00. The molecular weight excluding hydrogens is 450 g/mol. The van der Waals surface area contributed by atoms with Crippen LogP contribution >= 0.6 is 0 Å². The second-order valence-corrected chi connectivity index (χ2v) is 9.47. The van der Waals surface area contributed by atoms with E-state index in [9.17, 15) is 9.90 Å². The quantitative estimate of drug-likeness (QED) is 0.333. The third-order valence-corrected chi connectivity index (χ3v) is 7.26. The number of aryl methyl sites for hydroxylation is 1. The zero-order chi connectivity index (χ0) is 25.0. The maximum absolute atomic E-state index is 14.0. The van der Waals surface area contributed by atoms with E-state index in [1.165, 1.54) is 19.3 Å². The van der Waals surface area contributed by atoms with E-state index in [-0.39, 0.29) is 12.5 Å². The number of amides is 1. The van der Waals surface area contributed by atoms with Crippen molar-refractivity contribution >= 4 is 22.6 Å². The first-order chi connectivity index (χ1) is 17.7. The SMILES string of the molecule is CCn1ncc2c(NC3CCCCC3)c(C(=O)NC(CO)(c3ccccc3)c3ccccc3)cnc21. The zero-order valence-electron chi connectivity index (χ0n) is 20.7. The molecule has 0 radical (unpaired) electrons. The van der Waals surface area contributed by atoms with Crippen molar-refractivity contribution in [1.82, 2.24) is 20.1 Å². The number of pyridine rings is 1. The number of nitrogens with zero attached hydrogens (tertiary/aromatic N) is 3. The molecule has 3 N–H and O–H groups in total. The van der Waals surface area contributed by atoms with E-state index in [1.54, 1.807) is 12.4 Å². The van der Waals surface area contributed by atoms with Crippen LogP contribution in [0, 0.1) is 0 Å². The lowest BCUT2D eigenvalue weighted by molar-refractivity contribution is 0.0869. The summed E-state index contributed by atoms with van der Waals surface area (Å²) in [6, 6.07) is 19.5. The number of benzene rings is 2. The molecule has 1 fully saturated rings. The highest BCUT2D eigenvalue weighted by Gasteiger charge is 2.36. The first kappa shape index (κ1) is 24.0. The molecule has 7 heteroatoms. The maximum atomic E-state index is 14.0. The number of carbonyl (C=O) groups excluding carboxylic acids is 1. The highest BCUT2D eigenvalue weighted by molar-refractivity contribution is 6.07. The molecule has 5 rings (SSSR count). The van der Waals surface area contributed by atoms with Gasteiger partial charge in [0.05, 0.1) is 29.4 Å². The lowest BCUT2D eigenvalue weighted by atomic mass is 9.83. The van der Waals surface area contributed by atoms with Gasteiger partial charge in [-0.05, 0) is 30.9 Å². The van der Waals surface area contributed by atoms with Crippen molar-refractivity contribution < 1.29 is 9.90 Å². The van der Waals surface area contributed by atoms with Gasteiger partial charge in [-0.25, -0.2) is 9.67 Å². The van der Waals surface area contributed by atoms with Gasteiger partial charge in [-0.3, -0.25) is 4.79 Å². The van der Waals surface area contributed by atoms with Crippen molar-refractivity contribution in [2.24, 2.45) is 0 Å². The summed E-state index contributed by atoms with van der Waals surface area (Å²) < 4.78 is 1.84. The molecule has 0 spiro atoms. The minimum atomic E-state index is -1.11. The van der Waals surface area contributed by atoms with Crippen molar-refractivity contribution in [1.29, 1.82) is 0 Å². The van der Waals surface area contributed by atoms with Gasteiger partial charge in [0, 0.05) is 18.8 Å². The first-order valence-electron chi connectivity index (χ1n) is 12.8. The summed E-state index contributed by atoms with van der Waals surface area (Å²) >= 11 is 0. The van der Waals surface area contributed by atoms with E-state index in [0.29, 0.717) is 18.2 Å². The largest absolute Gasteiger partial charge is 0.393 e. The van der Waals surface area contributed by atoms with Crippen LogP contribution in [0.2, 0.25) is 0 Å². The molecule has 186 valence electrons. The lowest BCUT2D eigenvalue weighted by Gasteiger charge is -2.34. The Labute approximate surface area is 211 Å². The van der Waals surface area contributed by atoms with E-state index < -0.39 is 5.54 Å². The number of anilines is 1. The molecule has 0 saturated heterocycles. The molecule has 0 unspecified atom stereocenters. The van der Waals surface area contributed by atoms with Crippen LogP contribution in [-0.2, 0) is 12.1 Å². The van der Waals surface area contributed by atoms with Crippen LogP contribution in [0.4, 0.5) is 5.69 Å². The van der Waals surface area contributed by atoms with Crippen molar-refractivity contribution in [2.45, 2.75) is 57.2 Å². The van der Waals surface area contributed by atoms with Gasteiger partial charge in [0.25, 0.3) is 5.91 Å². The number of hydrogen-bond acceptors (Lipinski definition) is 5. The number of carbonyl (C=O) groups is 1. The average Bonchev–Trinajstić information content (AvgIpc) is 3.37. The van der Waals surface area contributed by atoms with Gasteiger partial charge in [0.1, 0.15) is 5.54 Å². The van der Waals surface area contributed by atoms with Crippen LogP contribution in [0.3, 0.4) is 0 Å². The Morgan fingerprint density at radius 2 is 1.64 bits per heavy atom. The van der Waals surface area contributed by atoms with E-state index >= 15 is 0 Å². The average molecular weight is 484 g/mol. The van der Waals surface area contributed by atoms with Crippen molar-refractivity contribution in [3.8, 4) is 0 Å². The molecule has 2 heterocycles. The number of aromatic nitrogens is 3. The van der Waals surface area contributed by atoms with Crippen LogP contribution < -0.4 is 10.6 Å². The van der Waals surface area contributed by atoms with Crippen LogP contribution in [0.15, 0.2) is 73.1 Å². The third-order valence-electron chi connectivity index (χ3n) is 7.26. The molecule has 2 aromatic heterocycles. The fourth-order valence-electron chi connectivity index (χ4n) is 5.28. The molecule has 1 aliphatic carbocycles. The summed E-state index contributed by atoms with van der Waals surface area (Å²) in [7, 11) is 0. The van der Waals surface area contributed by atoms with Gasteiger partial charge < -0.3 is 15.7 Å². The summed E-state index contributed by atoms with van der Waals surface area (Å²) in [4.78, 5) is 18.6. The molecule has 7 nitrogen and oxygen atoms in total. The van der Waals surface area contributed by atoms with Crippen LogP contribution in [0.25, 0.3) is 11.0 Å². The van der Waals surface area contributed by atoms with Crippen LogP contribution in [0.5, 0.6) is 0 Å². The summed E-state index contributed by atoms with van der Waals surface area (Å²) in [5, 5.41) is 23.0. The minimum Gasteiger partial charge on any atom is -0.393 e. The molecule has 2 aromatic carbocycles. The molecule has 0 atom stereocenters. The number of hydrogen-bond donors (Lipinski definition) is 3. The van der Waals surface area contributed by atoms with Crippen molar-refractivity contribution in [2.75, 3.05) is 11.9 Å². The summed E-state index contributed by atoms with van der Waals surface area (Å²) in [6.07, 6.45) is 9.17. The van der Waals surface area contributed by atoms with E-state index in [4.69, 9.17) is 0 Å². The predicted molar refractivity (Wildman–Crippen MR) is 142 cm³/mol. The van der Waals surface area contributed by atoms with Gasteiger partial charge in [-0.2, -0.15) is 5.10 Å². The Morgan fingerprint density at radius 3 is 2.22 bits per heavy atom. The molecule has 1 amide bonds. The monoisotopic (exact) mass is 483 g/mol. The van der Waals surface area contributed by atoms with Crippen molar-refractivity contribution in [3.05, 3.63) is 89.7 Å². The smallest absolute Gasteiger partial charge is 0.256 e. The van der Waals surface area contributed by atoms with E-state index in [0.717, 1.165) is 40.7 Å². The van der Waals surface area contributed by atoms with Gasteiger partial charge in [-0.1, -0.05) is 79.9 Å². The minimum absolute atomic E-state index is 0.290. The zero-order valence-corrected chi connectivity index (χ0v) is 20.7. The van der Waals surface area contributed by atoms with Crippen LogP contribution in [-0.4, -0.2) is 38.4 Å². The molecule has 1 aliphatic rings. The number of fused-ring (bicyclic) bond motifs is 1. The third kappa shape index (κ3) is 4.46. The highest BCUT2D eigenvalue weighted by Crippen LogP contribution is 2.33. The van der Waals surface area contributed by atoms with Crippen LogP contribution in [0.1, 0.15) is 60.5 Å². The Hall–Kier alpha value is -3.71. The lowest BCUT2D eigenvalue weighted by Crippen LogP contribution is -2.49. The fourth-order valence-corrected chi connectivity index (χ4v) is 5.28. The van der Waals surface area contributed by atoms with E-state index in [2.05, 4.69) is 20.7 Å². The molecule has 0 bridgehead atoms. The number of aliphatic hydroxyl groups excluding tert-OH is 1. The Morgan fingerprint density at radius 1 is 1.00 bits per heavy atom. The Balaban J connectivity index is 1.59. The molecular formula is C29H33N5O2. The van der Waals surface area contributed by atoms with Gasteiger partial charge in [-0.15, -0.1) is 0 Å². The number of aliphatic hydroxyl groups is 1. The fraction of sp³-hybridized carbons (Fsp3) is 0.345. The van der Waals surface area contributed by atoms with Gasteiger partial charge >= 0.3 is 0 Å². The molecule has 36 heavy (non-hydrogen) atoms. The van der Waals surface area contributed by atoms with Crippen molar-refractivity contribution in [3.63, 3.8) is 0 Å². The predicted octanol–water partition coefficient (Wildman–Crippen LogP) is 4.86. The highest BCUT2D eigenvalue weighted by atomic mass is 16.3. The van der Waals surface area contributed by atoms with E-state index in [1.807, 2.05) is 72.3 Å². The van der Waals surface area contributed by atoms with Gasteiger partial charge in [0.15, 0.2) is 5.65 Å². The topological polar surface area (TPSA) is 92.1 Å². The summed E-state index contributed by atoms with van der Waals surface area (Å²) in [6.45, 7) is 2.43. The molecule has 4 aromatic rings. The second-order valence-electron chi connectivity index (χ2n) is 9.47. The summed E-state index contributed by atoms with van der Waals surface area (Å²) in [5.41, 5.74) is 2.48. The maximum Gasteiger partial charge on any atom is 0.256 e. The number of rotatable bonds is 8. The summed E-state index contributed by atoms with van der Waals surface area (Å²) in [5.74, 6) is -0.297. The number of nitrogens with one attached hydrogen (secondary N) is 2. The standard InChI is InChI=1S/C29H33N5O2/c1-2-34-27-24(19-31-34)26(32-23-16-10-5-11-17-23)25(18-30-27)28(36)33-29(20-35,21-12-6-3-7-13-21)22-14-8-4-9-15-22/h3-4,6-9,12-15,18-19,23,35H,2,5,10-11,16-17,20H2,1H3,(H,30,32)(H,33,36). The second kappa shape index (κ2) is 10.5. The normalized spacial score (nSPS) is 14.6. The Bertz CT molecular complexity index is 1270. The molecule has 0 aliphatic heterocycles.